The van der Waals surface area contributed by atoms with E-state index in [4.69, 9.17) is 0 Å². The van der Waals surface area contributed by atoms with Gasteiger partial charge in [0.1, 0.15) is 11.5 Å². The predicted molar refractivity (Wildman–Crippen MR) is 91.3 cm³/mol. The Kier molecular flexibility index (Phi) is 3.99. The van der Waals surface area contributed by atoms with Gasteiger partial charge in [0.15, 0.2) is 0 Å². The summed E-state index contributed by atoms with van der Waals surface area (Å²) in [6, 6.07) is 11.8. The Labute approximate surface area is 136 Å². The lowest BCUT2D eigenvalue weighted by Gasteiger charge is -2.04. The van der Waals surface area contributed by atoms with Crippen molar-refractivity contribution in [3.8, 4) is 11.5 Å². The monoisotopic (exact) mass is 326 g/mol. The lowest BCUT2D eigenvalue weighted by Crippen LogP contribution is -2.18. The van der Waals surface area contributed by atoms with Crippen LogP contribution in [0.5, 0.6) is 11.5 Å². The molecule has 5 nitrogen and oxygen atoms in total. The fourth-order valence-electron chi connectivity index (χ4n) is 2.22. The van der Waals surface area contributed by atoms with Crippen LogP contribution in [0.25, 0.3) is 10.1 Å². The van der Waals surface area contributed by atoms with Gasteiger partial charge in [-0.3, -0.25) is 4.79 Å². The number of benzene rings is 2. The van der Waals surface area contributed by atoms with E-state index >= 15 is 0 Å². The van der Waals surface area contributed by atoms with Gasteiger partial charge in [0.2, 0.25) is 0 Å². The molecule has 0 bridgehead atoms. The second-order valence-corrected chi connectivity index (χ2v) is 5.93. The number of amides is 1. The van der Waals surface area contributed by atoms with Gasteiger partial charge in [0.25, 0.3) is 5.91 Å². The molecule has 2 aromatic carbocycles. The number of nitrogens with one attached hydrogen (secondary N) is 1. The molecule has 1 heterocycles. The molecule has 1 aromatic heterocycles. The minimum absolute atomic E-state index is 0.0651. The van der Waals surface area contributed by atoms with Gasteiger partial charge in [-0.1, -0.05) is 18.2 Å². The second-order valence-electron chi connectivity index (χ2n) is 5.02. The first-order valence-electron chi connectivity index (χ1n) is 6.89. The van der Waals surface area contributed by atoms with Crippen molar-refractivity contribution in [1.29, 1.82) is 0 Å². The number of carbonyl (C=O) groups excluding carboxylic acids is 1. The van der Waals surface area contributed by atoms with Crippen LogP contribution in [0.4, 0.5) is 0 Å². The number of thiophene rings is 1. The van der Waals surface area contributed by atoms with Crippen molar-refractivity contribution in [3.63, 3.8) is 0 Å². The number of hydrogen-bond donors (Lipinski definition) is 3. The minimum Gasteiger partial charge on any atom is -0.508 e. The van der Waals surface area contributed by atoms with E-state index in [-0.39, 0.29) is 17.4 Å². The van der Waals surface area contributed by atoms with Gasteiger partial charge in [-0.15, -0.1) is 11.3 Å². The number of fused-ring (bicyclic) bond motifs is 1. The highest BCUT2D eigenvalue weighted by Gasteiger charge is 2.11. The Balaban J connectivity index is 1.82. The summed E-state index contributed by atoms with van der Waals surface area (Å²) >= 11 is 1.50. The summed E-state index contributed by atoms with van der Waals surface area (Å²) in [4.78, 5) is 12.3. The first-order chi connectivity index (χ1) is 11.0. The number of aromatic hydroxyl groups is 2. The molecular weight excluding hydrogens is 312 g/mol. The Morgan fingerprint density at radius 2 is 1.83 bits per heavy atom. The molecule has 0 aliphatic rings. The standard InChI is InChI=1S/C17H14N2O3S/c1-10(11-6-12(20)8-13(21)7-11)18-19-17(22)15-9-23-16-5-3-2-4-14(15)16/h2-9,20-21H,1H3,(H,19,22)/b18-10-. The van der Waals surface area contributed by atoms with Gasteiger partial charge < -0.3 is 10.2 Å². The smallest absolute Gasteiger partial charge is 0.272 e. The third-order valence-electron chi connectivity index (χ3n) is 3.37. The van der Waals surface area contributed by atoms with E-state index in [1.165, 1.54) is 29.5 Å². The Bertz CT molecular complexity index is 895. The molecule has 0 fully saturated rings. The number of hydrazone groups is 1. The zero-order chi connectivity index (χ0) is 16.4. The Hall–Kier alpha value is -2.86. The summed E-state index contributed by atoms with van der Waals surface area (Å²) in [5.41, 5.74) is 4.08. The summed E-state index contributed by atoms with van der Waals surface area (Å²) in [6.45, 7) is 1.68. The van der Waals surface area contributed by atoms with Crippen molar-refractivity contribution in [2.45, 2.75) is 6.92 Å². The number of carbonyl (C=O) groups is 1. The molecule has 0 saturated heterocycles. The van der Waals surface area contributed by atoms with E-state index in [1.807, 2.05) is 24.3 Å². The van der Waals surface area contributed by atoms with Crippen molar-refractivity contribution < 1.29 is 15.0 Å². The highest BCUT2D eigenvalue weighted by atomic mass is 32.1. The fraction of sp³-hybridized carbons (Fsp3) is 0.0588. The normalized spacial score (nSPS) is 11.6. The molecule has 23 heavy (non-hydrogen) atoms. The molecule has 0 atom stereocenters. The van der Waals surface area contributed by atoms with Crippen molar-refractivity contribution >= 4 is 33.0 Å². The molecule has 0 spiro atoms. The highest BCUT2D eigenvalue weighted by molar-refractivity contribution is 7.17. The molecule has 116 valence electrons. The largest absolute Gasteiger partial charge is 0.508 e. The van der Waals surface area contributed by atoms with E-state index in [2.05, 4.69) is 10.5 Å². The summed E-state index contributed by atoms with van der Waals surface area (Å²) in [7, 11) is 0. The maximum atomic E-state index is 12.3. The maximum absolute atomic E-state index is 12.3. The first-order valence-corrected chi connectivity index (χ1v) is 7.77. The zero-order valence-electron chi connectivity index (χ0n) is 12.3. The molecule has 0 aliphatic heterocycles. The number of phenols is 2. The van der Waals surface area contributed by atoms with E-state index < -0.39 is 0 Å². The molecule has 3 rings (SSSR count). The van der Waals surface area contributed by atoms with Gasteiger partial charge in [-0.05, 0) is 25.1 Å². The van der Waals surface area contributed by atoms with Crippen LogP contribution >= 0.6 is 11.3 Å². The van der Waals surface area contributed by atoms with Crippen molar-refractivity contribution in [3.05, 3.63) is 59.0 Å². The van der Waals surface area contributed by atoms with Crippen LogP contribution in [-0.4, -0.2) is 21.8 Å². The molecule has 6 heteroatoms. The number of nitrogens with zero attached hydrogens (tertiary/aromatic N) is 1. The Morgan fingerprint density at radius 1 is 1.13 bits per heavy atom. The van der Waals surface area contributed by atoms with Gasteiger partial charge in [0, 0.05) is 27.1 Å². The van der Waals surface area contributed by atoms with Crippen LogP contribution in [0.2, 0.25) is 0 Å². The SMILES string of the molecule is C/C(=N/NC(=O)c1csc2ccccc12)c1cc(O)cc(O)c1. The van der Waals surface area contributed by atoms with E-state index in [0.29, 0.717) is 16.8 Å². The van der Waals surface area contributed by atoms with Crippen LogP contribution in [-0.2, 0) is 0 Å². The topological polar surface area (TPSA) is 81.9 Å². The van der Waals surface area contributed by atoms with E-state index in [0.717, 1.165) is 10.1 Å². The summed E-state index contributed by atoms with van der Waals surface area (Å²) < 4.78 is 1.04. The molecule has 1 amide bonds. The highest BCUT2D eigenvalue weighted by Crippen LogP contribution is 2.25. The molecule has 0 saturated carbocycles. The second kappa shape index (κ2) is 6.10. The minimum atomic E-state index is -0.300. The molecule has 0 radical (unpaired) electrons. The molecule has 0 aliphatic carbocycles. The number of phenolic OH excluding ortho intramolecular Hbond substituents is 2. The maximum Gasteiger partial charge on any atom is 0.272 e. The lowest BCUT2D eigenvalue weighted by molar-refractivity contribution is 0.0957. The summed E-state index contributed by atoms with van der Waals surface area (Å²) in [6.07, 6.45) is 0. The van der Waals surface area contributed by atoms with Crippen LogP contribution < -0.4 is 5.43 Å². The van der Waals surface area contributed by atoms with Crippen LogP contribution in [0.3, 0.4) is 0 Å². The summed E-state index contributed by atoms with van der Waals surface area (Å²) in [5.74, 6) is -0.430. The molecule has 3 N–H and O–H groups in total. The van der Waals surface area contributed by atoms with E-state index in [9.17, 15) is 15.0 Å². The van der Waals surface area contributed by atoms with Crippen LogP contribution in [0.1, 0.15) is 22.8 Å². The van der Waals surface area contributed by atoms with E-state index in [1.54, 1.807) is 12.3 Å². The van der Waals surface area contributed by atoms with Crippen molar-refractivity contribution in [2.75, 3.05) is 0 Å². The summed E-state index contributed by atoms with van der Waals surface area (Å²) in [5, 5.41) is 25.7. The van der Waals surface area contributed by atoms with Gasteiger partial charge in [0.05, 0.1) is 11.3 Å². The van der Waals surface area contributed by atoms with Crippen LogP contribution in [0.15, 0.2) is 52.9 Å². The molecular formula is C17H14N2O3S. The average Bonchev–Trinajstić information content (AvgIpc) is 2.95. The van der Waals surface area contributed by atoms with Crippen molar-refractivity contribution in [1.82, 2.24) is 5.43 Å². The quantitative estimate of drug-likeness (QED) is 0.509. The number of hydrogen-bond acceptors (Lipinski definition) is 5. The zero-order valence-corrected chi connectivity index (χ0v) is 13.1. The third-order valence-corrected chi connectivity index (χ3v) is 4.33. The molecule has 3 aromatic rings. The lowest BCUT2D eigenvalue weighted by atomic mass is 10.1. The Morgan fingerprint density at radius 3 is 2.57 bits per heavy atom. The average molecular weight is 326 g/mol. The van der Waals surface area contributed by atoms with Crippen LogP contribution in [0, 0.1) is 0 Å². The van der Waals surface area contributed by atoms with Crippen molar-refractivity contribution in [2.24, 2.45) is 5.10 Å². The number of rotatable bonds is 3. The first kappa shape index (κ1) is 15.1. The fourth-order valence-corrected chi connectivity index (χ4v) is 3.16. The molecule has 0 unspecified atom stereocenters. The predicted octanol–water partition coefficient (Wildman–Crippen LogP) is 3.47. The van der Waals surface area contributed by atoms with Gasteiger partial charge >= 0.3 is 0 Å². The van der Waals surface area contributed by atoms with Gasteiger partial charge in [-0.25, -0.2) is 5.43 Å². The third kappa shape index (κ3) is 3.17. The van der Waals surface area contributed by atoms with Gasteiger partial charge in [-0.2, -0.15) is 5.10 Å².